The maximum atomic E-state index is 10.6. The lowest BCUT2D eigenvalue weighted by Crippen LogP contribution is -2.42. The summed E-state index contributed by atoms with van der Waals surface area (Å²) < 4.78 is 5.83. The van der Waals surface area contributed by atoms with Gasteiger partial charge in [-0.05, 0) is 37.9 Å². The lowest BCUT2D eigenvalue weighted by molar-refractivity contribution is -0.384. The van der Waals surface area contributed by atoms with Crippen molar-refractivity contribution in [2.45, 2.75) is 44.2 Å². The van der Waals surface area contributed by atoms with E-state index in [1.165, 1.54) is 12.1 Å². The number of nitrogens with zero attached hydrogens (tertiary/aromatic N) is 2. The summed E-state index contributed by atoms with van der Waals surface area (Å²) in [5, 5.41) is 23.3. The smallest absolute Gasteiger partial charge is 0.269 e. The Balaban J connectivity index is 1.95. The number of ether oxygens (including phenoxy) is 1. The van der Waals surface area contributed by atoms with E-state index in [4.69, 9.17) is 4.74 Å². The molecule has 0 aromatic heterocycles. The summed E-state index contributed by atoms with van der Waals surface area (Å²) >= 11 is 0. The van der Waals surface area contributed by atoms with Crippen molar-refractivity contribution in [1.82, 2.24) is 5.32 Å². The zero-order valence-electron chi connectivity index (χ0n) is 12.0. The summed E-state index contributed by atoms with van der Waals surface area (Å²) in [4.78, 5) is 10.2. The van der Waals surface area contributed by atoms with Crippen molar-refractivity contribution in [3.05, 3.63) is 34.4 Å². The summed E-state index contributed by atoms with van der Waals surface area (Å²) in [6.45, 7) is 2.88. The van der Waals surface area contributed by atoms with Gasteiger partial charge < -0.3 is 4.74 Å². The fourth-order valence-corrected chi connectivity index (χ4v) is 2.61. The molecule has 1 aliphatic carbocycles. The summed E-state index contributed by atoms with van der Waals surface area (Å²) in [5.74, 6) is 0.606. The van der Waals surface area contributed by atoms with E-state index in [-0.39, 0.29) is 11.8 Å². The van der Waals surface area contributed by atoms with Gasteiger partial charge >= 0.3 is 0 Å². The number of nitrogens with one attached hydrogen (secondary N) is 1. The number of non-ortho nitro benzene ring substituents is 1. The Bertz CT molecular complexity index is 538. The monoisotopic (exact) mass is 289 g/mol. The maximum Gasteiger partial charge on any atom is 0.269 e. The Hall–Kier alpha value is -2.13. The molecule has 0 radical (unpaired) electrons. The second-order valence-electron chi connectivity index (χ2n) is 5.35. The summed E-state index contributed by atoms with van der Waals surface area (Å²) in [6.07, 6.45) is 3.16. The van der Waals surface area contributed by atoms with Crippen LogP contribution < -0.4 is 10.1 Å². The Morgan fingerprint density at radius 1 is 1.52 bits per heavy atom. The minimum Gasteiger partial charge on any atom is -0.490 e. The molecule has 0 saturated heterocycles. The molecule has 6 nitrogen and oxygen atoms in total. The van der Waals surface area contributed by atoms with Gasteiger partial charge in [0.2, 0.25) is 0 Å². The first-order chi connectivity index (χ1) is 10.1. The lowest BCUT2D eigenvalue weighted by Gasteiger charge is -2.22. The number of nitro groups is 1. The second kappa shape index (κ2) is 6.55. The molecule has 2 atom stereocenters. The molecule has 2 unspecified atom stereocenters. The van der Waals surface area contributed by atoms with E-state index in [0.717, 1.165) is 25.8 Å². The Morgan fingerprint density at radius 3 is 2.81 bits per heavy atom. The first-order valence-electron chi connectivity index (χ1n) is 7.16. The van der Waals surface area contributed by atoms with Gasteiger partial charge in [0.05, 0.1) is 11.0 Å². The molecule has 1 aromatic carbocycles. The summed E-state index contributed by atoms with van der Waals surface area (Å²) in [5.41, 5.74) is -0.452. The molecule has 2 rings (SSSR count). The normalized spacial score (nSPS) is 24.5. The van der Waals surface area contributed by atoms with Crippen LogP contribution in [-0.4, -0.2) is 23.1 Å². The van der Waals surface area contributed by atoms with Crippen LogP contribution in [-0.2, 0) is 0 Å². The molecule has 21 heavy (non-hydrogen) atoms. The van der Waals surface area contributed by atoms with E-state index >= 15 is 0 Å². The summed E-state index contributed by atoms with van der Waals surface area (Å²) in [7, 11) is 0. The highest BCUT2D eigenvalue weighted by atomic mass is 16.6. The van der Waals surface area contributed by atoms with Crippen LogP contribution in [0.15, 0.2) is 24.3 Å². The van der Waals surface area contributed by atoms with Gasteiger partial charge in [0, 0.05) is 18.6 Å². The van der Waals surface area contributed by atoms with Gasteiger partial charge in [0.15, 0.2) is 0 Å². The van der Waals surface area contributed by atoms with Crippen molar-refractivity contribution >= 4 is 5.69 Å². The van der Waals surface area contributed by atoms with Crippen LogP contribution >= 0.6 is 0 Å². The van der Waals surface area contributed by atoms with Crippen molar-refractivity contribution in [3.63, 3.8) is 0 Å². The van der Waals surface area contributed by atoms with E-state index < -0.39 is 10.5 Å². The number of hydrogen-bond donors (Lipinski definition) is 1. The molecule has 1 saturated carbocycles. The number of nitriles is 1. The number of nitro benzene ring substituents is 1. The Labute approximate surface area is 123 Å². The maximum absolute atomic E-state index is 10.6. The second-order valence-corrected chi connectivity index (χ2v) is 5.35. The third-order valence-electron chi connectivity index (χ3n) is 3.75. The number of hydrogen-bond acceptors (Lipinski definition) is 5. The molecule has 1 aliphatic rings. The predicted octanol–water partition coefficient (Wildman–Crippen LogP) is 2.79. The van der Waals surface area contributed by atoms with Crippen LogP contribution in [0, 0.1) is 21.4 Å². The standard InChI is InChI=1S/C15H19N3O3/c1-2-9-17-15(11-16)8-7-14(10-15)21-13-5-3-12(4-6-13)18(19)20/h3-6,14,17H,2,7-10H2,1H3. The quantitative estimate of drug-likeness (QED) is 0.642. The van der Waals surface area contributed by atoms with Crippen LogP contribution in [0.4, 0.5) is 5.69 Å². The molecule has 0 bridgehead atoms. The third-order valence-corrected chi connectivity index (χ3v) is 3.75. The summed E-state index contributed by atoms with van der Waals surface area (Å²) in [6, 6.07) is 8.43. The van der Waals surface area contributed by atoms with Crippen LogP contribution in [0.2, 0.25) is 0 Å². The largest absolute Gasteiger partial charge is 0.490 e. The fourth-order valence-electron chi connectivity index (χ4n) is 2.61. The predicted molar refractivity (Wildman–Crippen MR) is 78.0 cm³/mol. The van der Waals surface area contributed by atoms with E-state index in [1.54, 1.807) is 12.1 Å². The molecule has 1 N–H and O–H groups in total. The van der Waals surface area contributed by atoms with Crippen molar-refractivity contribution in [3.8, 4) is 11.8 Å². The Morgan fingerprint density at radius 2 is 2.24 bits per heavy atom. The van der Waals surface area contributed by atoms with Gasteiger partial charge in [-0.15, -0.1) is 0 Å². The van der Waals surface area contributed by atoms with E-state index in [9.17, 15) is 15.4 Å². The topological polar surface area (TPSA) is 88.2 Å². The number of rotatable bonds is 6. The fraction of sp³-hybridized carbons (Fsp3) is 0.533. The van der Waals surface area contributed by atoms with Crippen LogP contribution in [0.5, 0.6) is 5.75 Å². The molecule has 1 aromatic rings. The average molecular weight is 289 g/mol. The first kappa shape index (κ1) is 15.3. The molecule has 0 heterocycles. The van der Waals surface area contributed by atoms with Gasteiger partial charge in [0.1, 0.15) is 17.4 Å². The van der Waals surface area contributed by atoms with Gasteiger partial charge in [-0.1, -0.05) is 6.92 Å². The Kier molecular flexibility index (Phi) is 4.76. The molecule has 6 heteroatoms. The van der Waals surface area contributed by atoms with Crippen molar-refractivity contribution in [2.75, 3.05) is 6.54 Å². The highest BCUT2D eigenvalue weighted by Crippen LogP contribution is 2.32. The molecule has 1 fully saturated rings. The van der Waals surface area contributed by atoms with E-state index in [0.29, 0.717) is 12.2 Å². The highest BCUT2D eigenvalue weighted by Gasteiger charge is 2.40. The third kappa shape index (κ3) is 3.70. The molecule has 0 spiro atoms. The minimum absolute atomic E-state index is 0.0320. The van der Waals surface area contributed by atoms with Gasteiger partial charge in [-0.25, -0.2) is 0 Å². The average Bonchev–Trinajstić information content (AvgIpc) is 2.89. The zero-order chi connectivity index (χ0) is 15.3. The molecular weight excluding hydrogens is 270 g/mol. The van der Waals surface area contributed by atoms with Crippen molar-refractivity contribution in [2.24, 2.45) is 0 Å². The molecular formula is C15H19N3O3. The minimum atomic E-state index is -0.499. The van der Waals surface area contributed by atoms with Crippen LogP contribution in [0.1, 0.15) is 32.6 Å². The molecule has 0 aliphatic heterocycles. The zero-order valence-corrected chi connectivity index (χ0v) is 12.0. The van der Waals surface area contributed by atoms with Gasteiger partial charge in [-0.2, -0.15) is 5.26 Å². The lowest BCUT2D eigenvalue weighted by atomic mass is 9.99. The SMILES string of the molecule is CCCNC1(C#N)CCC(Oc2ccc([N+](=O)[O-])cc2)C1. The van der Waals surface area contributed by atoms with Gasteiger partial charge in [0.25, 0.3) is 5.69 Å². The van der Waals surface area contributed by atoms with E-state index in [1.807, 2.05) is 0 Å². The van der Waals surface area contributed by atoms with Gasteiger partial charge in [-0.3, -0.25) is 15.4 Å². The van der Waals surface area contributed by atoms with Crippen molar-refractivity contribution < 1.29 is 9.66 Å². The molecule has 112 valence electrons. The first-order valence-corrected chi connectivity index (χ1v) is 7.16. The van der Waals surface area contributed by atoms with E-state index in [2.05, 4.69) is 18.3 Å². The highest BCUT2D eigenvalue weighted by molar-refractivity contribution is 5.36. The van der Waals surface area contributed by atoms with Crippen LogP contribution in [0.25, 0.3) is 0 Å². The molecule has 0 amide bonds. The number of benzene rings is 1. The van der Waals surface area contributed by atoms with Crippen LogP contribution in [0.3, 0.4) is 0 Å². The van der Waals surface area contributed by atoms with Crippen molar-refractivity contribution in [1.29, 1.82) is 5.26 Å².